The lowest BCUT2D eigenvalue weighted by atomic mass is 10.2. The predicted molar refractivity (Wildman–Crippen MR) is 77.2 cm³/mol. The van der Waals surface area contributed by atoms with Crippen LogP contribution in [0.5, 0.6) is 0 Å². The van der Waals surface area contributed by atoms with Crippen molar-refractivity contribution < 1.29 is 26.0 Å². The van der Waals surface area contributed by atoms with E-state index in [0.717, 1.165) is 5.76 Å². The molecular weight excluding hydrogens is 318 g/mol. The van der Waals surface area contributed by atoms with Crippen molar-refractivity contribution in [1.29, 1.82) is 0 Å². The second kappa shape index (κ2) is 6.07. The number of hydrogen-bond donors (Lipinski definition) is 1. The van der Waals surface area contributed by atoms with Gasteiger partial charge in [-0.05, 0) is 12.1 Å². The van der Waals surface area contributed by atoms with E-state index in [0.29, 0.717) is 12.2 Å². The van der Waals surface area contributed by atoms with Gasteiger partial charge < -0.3 is 9.15 Å². The van der Waals surface area contributed by atoms with Gasteiger partial charge in [-0.2, -0.15) is 0 Å². The lowest BCUT2D eigenvalue weighted by Gasteiger charge is -2.27. The van der Waals surface area contributed by atoms with Gasteiger partial charge in [-0.3, -0.25) is 0 Å². The largest absolute Gasteiger partial charge is 0.464 e. The first kappa shape index (κ1) is 16.5. The minimum absolute atomic E-state index is 0.107. The van der Waals surface area contributed by atoms with Crippen molar-refractivity contribution in [3.8, 4) is 0 Å². The van der Waals surface area contributed by atoms with Gasteiger partial charge >= 0.3 is 0 Å². The minimum atomic E-state index is -3.73. The molecule has 0 aromatic carbocycles. The quantitative estimate of drug-likeness (QED) is 0.765. The Labute approximate surface area is 124 Å². The minimum Gasteiger partial charge on any atom is -0.464 e. The molecule has 1 atom stereocenters. The van der Waals surface area contributed by atoms with Crippen LogP contribution in [0.25, 0.3) is 0 Å². The molecule has 1 saturated heterocycles. The standard InChI is InChI=1S/C12H19NO6S2/c1-3-9-4-5-12(19-9)11(6-18-2)13-21(16,17)10-7-20(14,15)8-10/h4-5,10-11,13H,3,6-8H2,1-2H3. The normalized spacial score (nSPS) is 20.1. The maximum atomic E-state index is 12.2. The van der Waals surface area contributed by atoms with E-state index in [1.54, 1.807) is 12.1 Å². The van der Waals surface area contributed by atoms with Gasteiger partial charge in [-0.25, -0.2) is 21.6 Å². The Morgan fingerprint density at radius 2 is 2.10 bits per heavy atom. The smallest absolute Gasteiger partial charge is 0.217 e. The van der Waals surface area contributed by atoms with Crippen molar-refractivity contribution in [1.82, 2.24) is 4.72 Å². The average Bonchev–Trinajstić information content (AvgIpc) is 2.84. The summed E-state index contributed by atoms with van der Waals surface area (Å²) < 4.78 is 59.6. The molecule has 0 spiro atoms. The molecule has 0 saturated carbocycles. The maximum absolute atomic E-state index is 12.2. The molecular formula is C12H19NO6S2. The molecule has 1 fully saturated rings. The van der Waals surface area contributed by atoms with Crippen molar-refractivity contribution in [3.63, 3.8) is 0 Å². The van der Waals surface area contributed by atoms with Gasteiger partial charge in [-0.15, -0.1) is 0 Å². The first-order valence-electron chi connectivity index (χ1n) is 6.56. The Kier molecular flexibility index (Phi) is 4.76. The van der Waals surface area contributed by atoms with Crippen molar-refractivity contribution in [2.45, 2.75) is 24.6 Å². The fourth-order valence-corrected chi connectivity index (χ4v) is 6.59. The lowest BCUT2D eigenvalue weighted by molar-refractivity contribution is 0.165. The SMILES string of the molecule is CCc1ccc(C(COC)NS(=O)(=O)C2CS(=O)(=O)C2)o1. The van der Waals surface area contributed by atoms with Gasteiger partial charge in [0, 0.05) is 13.5 Å². The molecule has 2 heterocycles. The Bertz CT molecular complexity index is 679. The summed E-state index contributed by atoms with van der Waals surface area (Å²) in [6.45, 7) is 2.03. The molecule has 120 valence electrons. The van der Waals surface area contributed by atoms with Crippen molar-refractivity contribution in [2.24, 2.45) is 0 Å². The number of ether oxygens (including phenoxy) is 1. The number of furan rings is 1. The molecule has 21 heavy (non-hydrogen) atoms. The van der Waals surface area contributed by atoms with Crippen LogP contribution in [0.3, 0.4) is 0 Å². The van der Waals surface area contributed by atoms with Gasteiger partial charge in [0.25, 0.3) is 0 Å². The molecule has 1 aliphatic rings. The van der Waals surface area contributed by atoms with Crippen LogP contribution in [0.15, 0.2) is 16.5 Å². The highest BCUT2D eigenvalue weighted by Gasteiger charge is 2.43. The number of sulfone groups is 1. The Hall–Kier alpha value is -0.900. The summed E-state index contributed by atoms with van der Waals surface area (Å²) in [5.74, 6) is 0.539. The summed E-state index contributed by atoms with van der Waals surface area (Å²) >= 11 is 0. The van der Waals surface area contributed by atoms with Crippen LogP contribution in [0.4, 0.5) is 0 Å². The van der Waals surface area contributed by atoms with E-state index in [1.165, 1.54) is 7.11 Å². The van der Waals surface area contributed by atoms with Crippen LogP contribution in [0.2, 0.25) is 0 Å². The second-order valence-electron chi connectivity index (χ2n) is 5.03. The van der Waals surface area contributed by atoms with Gasteiger partial charge in [0.2, 0.25) is 10.0 Å². The summed E-state index contributed by atoms with van der Waals surface area (Å²) in [5.41, 5.74) is 0. The molecule has 1 unspecified atom stereocenters. The molecule has 1 N–H and O–H groups in total. The topological polar surface area (TPSA) is 103 Å². The molecule has 2 rings (SSSR count). The summed E-state index contributed by atoms with van der Waals surface area (Å²) in [4.78, 5) is 0. The molecule has 0 bridgehead atoms. The molecule has 9 heteroatoms. The third kappa shape index (κ3) is 3.85. The predicted octanol–water partition coefficient (Wildman–Crippen LogP) is 0.246. The Morgan fingerprint density at radius 1 is 1.43 bits per heavy atom. The fraction of sp³-hybridized carbons (Fsp3) is 0.667. The highest BCUT2D eigenvalue weighted by molar-refractivity contribution is 7.98. The van der Waals surface area contributed by atoms with Crippen LogP contribution in [-0.2, 0) is 31.0 Å². The molecule has 1 aromatic heterocycles. The molecule has 7 nitrogen and oxygen atoms in total. The second-order valence-corrected chi connectivity index (χ2v) is 9.17. The number of aryl methyl sites for hydroxylation is 1. The average molecular weight is 337 g/mol. The van der Waals surface area contributed by atoms with Crippen LogP contribution < -0.4 is 4.72 Å². The van der Waals surface area contributed by atoms with Crippen molar-refractivity contribution in [3.05, 3.63) is 23.7 Å². The monoisotopic (exact) mass is 337 g/mol. The zero-order chi connectivity index (χ0) is 15.7. The first-order chi connectivity index (χ1) is 9.77. The van der Waals surface area contributed by atoms with Crippen LogP contribution in [0.1, 0.15) is 24.5 Å². The van der Waals surface area contributed by atoms with Crippen molar-refractivity contribution in [2.75, 3.05) is 25.2 Å². The number of sulfonamides is 1. The molecule has 1 aromatic rings. The molecule has 0 amide bonds. The van der Waals surface area contributed by atoms with E-state index in [9.17, 15) is 16.8 Å². The van der Waals surface area contributed by atoms with Gasteiger partial charge in [-0.1, -0.05) is 6.92 Å². The summed E-state index contributed by atoms with van der Waals surface area (Å²) in [6.07, 6.45) is 0.702. The Balaban J connectivity index is 2.12. The van der Waals surface area contributed by atoms with E-state index in [-0.39, 0.29) is 18.1 Å². The summed E-state index contributed by atoms with van der Waals surface area (Å²) in [5, 5.41) is -0.900. The zero-order valence-electron chi connectivity index (χ0n) is 11.9. The van der Waals surface area contributed by atoms with Crippen molar-refractivity contribution >= 4 is 19.9 Å². The number of methoxy groups -OCH3 is 1. The highest BCUT2D eigenvalue weighted by Crippen LogP contribution is 2.23. The van der Waals surface area contributed by atoms with Gasteiger partial charge in [0.15, 0.2) is 9.84 Å². The number of hydrogen-bond acceptors (Lipinski definition) is 6. The number of nitrogens with one attached hydrogen (secondary N) is 1. The van der Waals surface area contributed by atoms with Gasteiger partial charge in [0.1, 0.15) is 22.8 Å². The van der Waals surface area contributed by atoms with Gasteiger partial charge in [0.05, 0.1) is 18.1 Å². The van der Waals surface area contributed by atoms with E-state index in [4.69, 9.17) is 9.15 Å². The van der Waals surface area contributed by atoms with Crippen LogP contribution >= 0.6 is 0 Å². The van der Waals surface area contributed by atoms with E-state index in [1.807, 2.05) is 6.92 Å². The lowest BCUT2D eigenvalue weighted by Crippen LogP contribution is -2.52. The summed E-state index contributed by atoms with van der Waals surface area (Å²) in [6, 6.07) is 2.81. The molecule has 0 aliphatic carbocycles. The molecule has 0 radical (unpaired) electrons. The summed E-state index contributed by atoms with van der Waals surface area (Å²) in [7, 11) is -5.47. The maximum Gasteiger partial charge on any atom is 0.217 e. The fourth-order valence-electron chi connectivity index (χ4n) is 2.10. The van der Waals surface area contributed by atoms with E-state index in [2.05, 4.69) is 4.72 Å². The third-order valence-corrected chi connectivity index (χ3v) is 7.40. The van der Waals surface area contributed by atoms with Crippen LogP contribution in [-0.4, -0.2) is 47.3 Å². The Morgan fingerprint density at radius 3 is 2.57 bits per heavy atom. The zero-order valence-corrected chi connectivity index (χ0v) is 13.5. The highest BCUT2D eigenvalue weighted by atomic mass is 32.2. The third-order valence-electron chi connectivity index (χ3n) is 3.33. The number of rotatable bonds is 7. The van der Waals surface area contributed by atoms with E-state index >= 15 is 0 Å². The molecule has 1 aliphatic heterocycles. The van der Waals surface area contributed by atoms with Crippen LogP contribution in [0, 0.1) is 0 Å². The van der Waals surface area contributed by atoms with E-state index < -0.39 is 31.2 Å². The first-order valence-corrected chi connectivity index (χ1v) is 9.93.